The summed E-state index contributed by atoms with van der Waals surface area (Å²) in [7, 11) is 0. The monoisotopic (exact) mass is 363 g/mol. The first kappa shape index (κ1) is 18.2. The maximum atomic E-state index is 12.4. The van der Waals surface area contributed by atoms with Crippen LogP contribution >= 0.6 is 0 Å². The fraction of sp³-hybridized carbons (Fsp3) is 0.150. The number of aromatic nitrogens is 2. The van der Waals surface area contributed by atoms with Gasteiger partial charge in [-0.15, -0.1) is 0 Å². The van der Waals surface area contributed by atoms with Crippen LogP contribution < -0.4 is 21.1 Å². The molecule has 0 spiro atoms. The Bertz CT molecular complexity index is 912. The van der Waals surface area contributed by atoms with Crippen LogP contribution in [0.3, 0.4) is 0 Å². The summed E-state index contributed by atoms with van der Waals surface area (Å²) < 4.78 is 5.33. The van der Waals surface area contributed by atoms with Crippen LogP contribution in [-0.4, -0.2) is 22.5 Å². The Hall–Kier alpha value is -3.61. The lowest BCUT2D eigenvalue weighted by molar-refractivity contribution is 0.102. The van der Waals surface area contributed by atoms with Crippen molar-refractivity contribution in [3.63, 3.8) is 0 Å². The van der Waals surface area contributed by atoms with E-state index in [9.17, 15) is 4.79 Å². The number of nitrogens with one attached hydrogen (secondary N) is 2. The first-order valence-electron chi connectivity index (χ1n) is 8.59. The van der Waals surface area contributed by atoms with E-state index in [4.69, 9.17) is 10.5 Å². The summed E-state index contributed by atoms with van der Waals surface area (Å²) in [4.78, 5) is 20.5. The van der Waals surface area contributed by atoms with Gasteiger partial charge in [-0.3, -0.25) is 4.79 Å². The van der Waals surface area contributed by atoms with E-state index >= 15 is 0 Å². The SMILES string of the molecule is CCOc1ccc(C(=O)Nc2cccc(CNc3cccnc3N)c2)nc1. The Balaban J connectivity index is 1.63. The van der Waals surface area contributed by atoms with Gasteiger partial charge in [0.05, 0.1) is 18.5 Å². The van der Waals surface area contributed by atoms with Crippen molar-refractivity contribution in [3.05, 3.63) is 72.2 Å². The highest BCUT2D eigenvalue weighted by Crippen LogP contribution is 2.17. The average Bonchev–Trinajstić information content (AvgIpc) is 2.68. The number of nitrogens with two attached hydrogens (primary N) is 1. The van der Waals surface area contributed by atoms with E-state index in [2.05, 4.69) is 20.6 Å². The number of anilines is 3. The Morgan fingerprint density at radius 3 is 2.78 bits per heavy atom. The lowest BCUT2D eigenvalue weighted by atomic mass is 10.2. The van der Waals surface area contributed by atoms with Gasteiger partial charge in [0, 0.05) is 18.4 Å². The van der Waals surface area contributed by atoms with Gasteiger partial charge in [-0.2, -0.15) is 0 Å². The van der Waals surface area contributed by atoms with Crippen molar-refractivity contribution in [1.82, 2.24) is 9.97 Å². The molecule has 7 heteroatoms. The summed E-state index contributed by atoms with van der Waals surface area (Å²) in [6.45, 7) is 3.00. The first-order chi connectivity index (χ1) is 13.2. The highest BCUT2D eigenvalue weighted by atomic mass is 16.5. The third-order valence-corrected chi connectivity index (χ3v) is 3.79. The number of nitrogen functional groups attached to an aromatic ring is 1. The highest BCUT2D eigenvalue weighted by molar-refractivity contribution is 6.02. The van der Waals surface area contributed by atoms with Crippen LogP contribution in [0.4, 0.5) is 17.2 Å². The third-order valence-electron chi connectivity index (χ3n) is 3.79. The molecule has 0 aliphatic rings. The maximum absolute atomic E-state index is 12.4. The quantitative estimate of drug-likeness (QED) is 0.595. The molecule has 0 saturated heterocycles. The summed E-state index contributed by atoms with van der Waals surface area (Å²) in [5.74, 6) is 0.806. The van der Waals surface area contributed by atoms with Crippen molar-refractivity contribution in [3.8, 4) is 5.75 Å². The van der Waals surface area contributed by atoms with E-state index in [1.165, 1.54) is 6.20 Å². The van der Waals surface area contributed by atoms with Gasteiger partial charge in [0.1, 0.15) is 17.3 Å². The number of amides is 1. The maximum Gasteiger partial charge on any atom is 0.274 e. The molecule has 0 bridgehead atoms. The van der Waals surface area contributed by atoms with Gasteiger partial charge < -0.3 is 21.1 Å². The third kappa shape index (κ3) is 4.94. The second-order valence-electron chi connectivity index (χ2n) is 5.76. The van der Waals surface area contributed by atoms with Crippen molar-refractivity contribution in [2.24, 2.45) is 0 Å². The van der Waals surface area contributed by atoms with Crippen LogP contribution in [0, 0.1) is 0 Å². The average molecular weight is 363 g/mol. The molecule has 138 valence electrons. The van der Waals surface area contributed by atoms with E-state index in [-0.39, 0.29) is 5.91 Å². The number of hydrogen-bond donors (Lipinski definition) is 3. The first-order valence-corrected chi connectivity index (χ1v) is 8.59. The van der Waals surface area contributed by atoms with Gasteiger partial charge in [0.25, 0.3) is 5.91 Å². The van der Waals surface area contributed by atoms with E-state index in [1.807, 2.05) is 43.3 Å². The zero-order valence-corrected chi connectivity index (χ0v) is 15.0. The van der Waals surface area contributed by atoms with Crippen LogP contribution in [0.15, 0.2) is 60.9 Å². The molecule has 3 aromatic rings. The predicted molar refractivity (Wildman–Crippen MR) is 106 cm³/mol. The number of carbonyl (C=O) groups is 1. The summed E-state index contributed by atoms with van der Waals surface area (Å²) in [5.41, 5.74) is 8.61. The van der Waals surface area contributed by atoms with E-state index in [0.29, 0.717) is 36.1 Å². The number of rotatable bonds is 7. The van der Waals surface area contributed by atoms with Gasteiger partial charge in [0.2, 0.25) is 0 Å². The summed E-state index contributed by atoms with van der Waals surface area (Å²) in [6, 6.07) is 14.6. The molecule has 0 aliphatic heterocycles. The Morgan fingerprint density at radius 2 is 2.04 bits per heavy atom. The highest BCUT2D eigenvalue weighted by Gasteiger charge is 2.08. The number of hydrogen-bond acceptors (Lipinski definition) is 6. The number of nitrogens with zero attached hydrogens (tertiary/aromatic N) is 2. The molecule has 1 amide bonds. The van der Waals surface area contributed by atoms with E-state index < -0.39 is 0 Å². The van der Waals surface area contributed by atoms with Gasteiger partial charge in [-0.25, -0.2) is 9.97 Å². The molecular formula is C20H21N5O2. The van der Waals surface area contributed by atoms with Crippen LogP contribution in [0.5, 0.6) is 5.75 Å². The molecule has 4 N–H and O–H groups in total. The van der Waals surface area contributed by atoms with Crippen LogP contribution in [0.25, 0.3) is 0 Å². The minimum Gasteiger partial charge on any atom is -0.492 e. The lowest BCUT2D eigenvalue weighted by Gasteiger charge is -2.10. The number of ether oxygens (including phenoxy) is 1. The Labute approximate surface area is 157 Å². The van der Waals surface area contributed by atoms with Gasteiger partial charge in [0.15, 0.2) is 0 Å². The van der Waals surface area contributed by atoms with E-state index in [1.54, 1.807) is 18.3 Å². The van der Waals surface area contributed by atoms with Gasteiger partial charge in [-0.1, -0.05) is 12.1 Å². The lowest BCUT2D eigenvalue weighted by Crippen LogP contribution is -2.14. The molecule has 0 fully saturated rings. The second-order valence-corrected chi connectivity index (χ2v) is 5.76. The van der Waals surface area contributed by atoms with Crippen molar-refractivity contribution in [1.29, 1.82) is 0 Å². The number of carbonyl (C=O) groups excluding carboxylic acids is 1. The van der Waals surface area contributed by atoms with Crippen LogP contribution in [-0.2, 0) is 6.54 Å². The standard InChI is InChI=1S/C20H21N5O2/c1-2-27-16-8-9-18(24-13-16)20(26)25-15-6-3-5-14(11-15)12-23-17-7-4-10-22-19(17)21/h3-11,13,23H,2,12H2,1H3,(H2,21,22)(H,25,26). The van der Waals surface area contributed by atoms with E-state index in [0.717, 1.165) is 11.3 Å². The zero-order valence-electron chi connectivity index (χ0n) is 15.0. The van der Waals surface area contributed by atoms with Crippen LogP contribution in [0.2, 0.25) is 0 Å². The predicted octanol–water partition coefficient (Wildman–Crippen LogP) is 3.32. The van der Waals surface area contributed by atoms with Gasteiger partial charge in [-0.05, 0) is 48.9 Å². The molecule has 0 unspecified atom stereocenters. The largest absolute Gasteiger partial charge is 0.492 e. The number of benzene rings is 1. The molecule has 1 aromatic carbocycles. The molecule has 0 radical (unpaired) electrons. The molecule has 27 heavy (non-hydrogen) atoms. The topological polar surface area (TPSA) is 102 Å². The smallest absolute Gasteiger partial charge is 0.274 e. The molecule has 0 aliphatic carbocycles. The summed E-state index contributed by atoms with van der Waals surface area (Å²) >= 11 is 0. The van der Waals surface area contributed by atoms with Crippen molar-refractivity contribution < 1.29 is 9.53 Å². The van der Waals surface area contributed by atoms with Crippen molar-refractivity contribution in [2.45, 2.75) is 13.5 Å². The molecule has 0 atom stereocenters. The summed E-state index contributed by atoms with van der Waals surface area (Å²) in [5, 5.41) is 6.09. The molecule has 2 aromatic heterocycles. The normalized spacial score (nSPS) is 10.3. The minimum atomic E-state index is -0.278. The Morgan fingerprint density at radius 1 is 1.15 bits per heavy atom. The minimum absolute atomic E-state index is 0.278. The summed E-state index contributed by atoms with van der Waals surface area (Å²) in [6.07, 6.45) is 3.18. The fourth-order valence-corrected chi connectivity index (χ4v) is 2.49. The second kappa shape index (κ2) is 8.66. The van der Waals surface area contributed by atoms with Crippen molar-refractivity contribution in [2.75, 3.05) is 23.0 Å². The van der Waals surface area contributed by atoms with Crippen molar-refractivity contribution >= 4 is 23.1 Å². The zero-order chi connectivity index (χ0) is 19.1. The Kier molecular flexibility index (Phi) is 5.84. The molecular weight excluding hydrogens is 342 g/mol. The molecule has 0 saturated carbocycles. The molecule has 3 rings (SSSR count). The fourth-order valence-electron chi connectivity index (χ4n) is 2.49. The molecule has 2 heterocycles. The number of pyridine rings is 2. The van der Waals surface area contributed by atoms with Gasteiger partial charge >= 0.3 is 0 Å². The van der Waals surface area contributed by atoms with Crippen LogP contribution in [0.1, 0.15) is 23.0 Å². The molecule has 7 nitrogen and oxygen atoms in total.